The van der Waals surface area contributed by atoms with Crippen LogP contribution in [0.1, 0.15) is 13.8 Å². The molecule has 1 unspecified atom stereocenters. The molecule has 20 heavy (non-hydrogen) atoms. The lowest BCUT2D eigenvalue weighted by molar-refractivity contribution is -0.120. The number of rotatable bonds is 4. The van der Waals surface area contributed by atoms with E-state index in [-0.39, 0.29) is 5.92 Å². The highest BCUT2D eigenvalue weighted by Crippen LogP contribution is 2.27. The molecule has 1 atom stereocenters. The van der Waals surface area contributed by atoms with Gasteiger partial charge in [-0.05, 0) is 18.1 Å². The lowest BCUT2D eigenvalue weighted by Gasteiger charge is -2.17. The Morgan fingerprint density at radius 1 is 1.35 bits per heavy atom. The number of fused-ring (bicyclic) bond motifs is 1. The predicted octanol–water partition coefficient (Wildman–Crippen LogP) is 1.87. The Kier molecular flexibility index (Phi) is 4.29. The molecule has 1 aromatic carbocycles. The number of hydrogen-bond donors (Lipinski definition) is 3. The summed E-state index contributed by atoms with van der Waals surface area (Å²) in [6.07, 6.45) is 0. The highest BCUT2D eigenvalue weighted by molar-refractivity contribution is 8.00. The van der Waals surface area contributed by atoms with Crippen LogP contribution in [0, 0.1) is 5.92 Å². The molecule has 2 rings (SSSR count). The van der Waals surface area contributed by atoms with Crippen LogP contribution in [-0.4, -0.2) is 27.2 Å². The summed E-state index contributed by atoms with van der Waals surface area (Å²) in [5, 5.41) is 2.32. The topological polar surface area (TPSA) is 101 Å². The number of thioether (sulfide) groups is 1. The van der Waals surface area contributed by atoms with Gasteiger partial charge in [-0.1, -0.05) is 37.7 Å². The fourth-order valence-corrected chi connectivity index (χ4v) is 2.79. The number of aromatic nitrogens is 2. The van der Waals surface area contributed by atoms with Gasteiger partial charge in [-0.2, -0.15) is 0 Å². The molecular weight excluding hydrogens is 276 g/mol. The third kappa shape index (κ3) is 3.30. The minimum atomic E-state index is -0.842. The first-order chi connectivity index (χ1) is 9.47. The Morgan fingerprint density at radius 3 is 2.65 bits per heavy atom. The molecule has 0 spiro atoms. The van der Waals surface area contributed by atoms with E-state index in [0.29, 0.717) is 5.16 Å². The summed E-state index contributed by atoms with van der Waals surface area (Å²) >= 11 is 1.29. The molecule has 0 fully saturated rings. The van der Waals surface area contributed by atoms with Crippen LogP contribution in [0.5, 0.6) is 0 Å². The lowest BCUT2D eigenvalue weighted by atomic mass is 10.1. The van der Waals surface area contributed by atoms with Gasteiger partial charge in [-0.15, -0.1) is 0 Å². The number of carbonyl (C=O) groups is 2. The second-order valence-electron chi connectivity index (χ2n) is 4.70. The number of urea groups is 1. The van der Waals surface area contributed by atoms with Crippen molar-refractivity contribution < 1.29 is 9.59 Å². The van der Waals surface area contributed by atoms with Crippen molar-refractivity contribution in [1.82, 2.24) is 15.3 Å². The van der Waals surface area contributed by atoms with Crippen LogP contribution < -0.4 is 11.1 Å². The summed E-state index contributed by atoms with van der Waals surface area (Å²) in [4.78, 5) is 30.3. The van der Waals surface area contributed by atoms with E-state index in [2.05, 4.69) is 15.3 Å². The van der Waals surface area contributed by atoms with Crippen LogP contribution in [0.25, 0.3) is 11.0 Å². The second-order valence-corrected chi connectivity index (χ2v) is 5.83. The lowest BCUT2D eigenvalue weighted by Crippen LogP contribution is -2.42. The number of imidazole rings is 1. The SMILES string of the molecule is CC(C)C(Sc1nc2ccccc2[nH]1)C(=O)NC(N)=O. The van der Waals surface area contributed by atoms with E-state index >= 15 is 0 Å². The zero-order valence-electron chi connectivity index (χ0n) is 11.2. The number of imide groups is 1. The number of aromatic amines is 1. The molecule has 7 heteroatoms. The minimum absolute atomic E-state index is 0.0348. The van der Waals surface area contributed by atoms with E-state index in [4.69, 9.17) is 5.73 Å². The second kappa shape index (κ2) is 5.96. The quantitative estimate of drug-likeness (QED) is 0.749. The van der Waals surface area contributed by atoms with Gasteiger partial charge in [0.1, 0.15) is 0 Å². The van der Waals surface area contributed by atoms with Gasteiger partial charge in [0.05, 0.1) is 16.3 Å². The number of nitrogens with two attached hydrogens (primary N) is 1. The van der Waals surface area contributed by atoms with Gasteiger partial charge in [0.25, 0.3) is 0 Å². The first-order valence-corrected chi connectivity index (χ1v) is 7.07. The maximum atomic E-state index is 11.9. The number of nitrogens with zero attached hydrogens (tertiary/aromatic N) is 1. The number of nitrogens with one attached hydrogen (secondary N) is 2. The molecule has 2 aromatic rings. The summed E-state index contributed by atoms with van der Waals surface area (Å²) in [5.74, 6) is -0.370. The first kappa shape index (κ1) is 14.4. The van der Waals surface area contributed by atoms with E-state index in [1.165, 1.54) is 11.8 Å². The van der Waals surface area contributed by atoms with Crippen molar-refractivity contribution in [3.8, 4) is 0 Å². The van der Waals surface area contributed by atoms with Gasteiger partial charge in [0, 0.05) is 0 Å². The molecule has 3 amide bonds. The monoisotopic (exact) mass is 292 g/mol. The van der Waals surface area contributed by atoms with E-state index in [0.717, 1.165) is 11.0 Å². The molecule has 0 saturated carbocycles. The van der Waals surface area contributed by atoms with Crippen LogP contribution in [0.4, 0.5) is 4.79 Å². The van der Waals surface area contributed by atoms with Crippen LogP contribution in [0.2, 0.25) is 0 Å². The van der Waals surface area contributed by atoms with Crippen molar-refractivity contribution in [2.24, 2.45) is 11.7 Å². The highest BCUT2D eigenvalue weighted by atomic mass is 32.2. The van der Waals surface area contributed by atoms with Gasteiger partial charge < -0.3 is 10.7 Å². The average Bonchev–Trinajstić information content (AvgIpc) is 2.76. The van der Waals surface area contributed by atoms with Crippen molar-refractivity contribution in [2.45, 2.75) is 24.3 Å². The predicted molar refractivity (Wildman–Crippen MR) is 78.3 cm³/mol. The summed E-state index contributed by atoms with van der Waals surface area (Å²) < 4.78 is 0. The molecule has 0 aliphatic carbocycles. The summed E-state index contributed by atoms with van der Waals surface area (Å²) in [6, 6.07) is 6.78. The summed E-state index contributed by atoms with van der Waals surface area (Å²) in [7, 11) is 0. The van der Waals surface area contributed by atoms with Crippen LogP contribution >= 0.6 is 11.8 Å². The van der Waals surface area contributed by atoms with Crippen molar-refractivity contribution >= 4 is 34.7 Å². The van der Waals surface area contributed by atoms with E-state index in [1.807, 2.05) is 38.1 Å². The fourth-order valence-electron chi connectivity index (χ4n) is 1.79. The zero-order valence-corrected chi connectivity index (χ0v) is 12.0. The summed E-state index contributed by atoms with van der Waals surface area (Å²) in [6.45, 7) is 3.81. The fraction of sp³-hybridized carbons (Fsp3) is 0.308. The van der Waals surface area contributed by atoms with Crippen LogP contribution in [-0.2, 0) is 4.79 Å². The number of benzene rings is 1. The van der Waals surface area contributed by atoms with Gasteiger partial charge in [-0.25, -0.2) is 9.78 Å². The maximum absolute atomic E-state index is 11.9. The largest absolute Gasteiger partial charge is 0.351 e. The molecular formula is C13H16N4O2S. The molecule has 0 radical (unpaired) electrons. The number of primary amides is 1. The van der Waals surface area contributed by atoms with Crippen molar-refractivity contribution in [3.63, 3.8) is 0 Å². The molecule has 0 saturated heterocycles. The molecule has 4 N–H and O–H groups in total. The van der Waals surface area contributed by atoms with E-state index in [1.54, 1.807) is 0 Å². The average molecular weight is 292 g/mol. The van der Waals surface area contributed by atoms with Crippen LogP contribution in [0.15, 0.2) is 29.4 Å². The van der Waals surface area contributed by atoms with Gasteiger partial charge in [0.15, 0.2) is 5.16 Å². The zero-order chi connectivity index (χ0) is 14.7. The van der Waals surface area contributed by atoms with Crippen LogP contribution in [0.3, 0.4) is 0 Å². The molecule has 6 nitrogen and oxygen atoms in total. The Labute approximate surface area is 120 Å². The van der Waals surface area contributed by atoms with Gasteiger partial charge in [-0.3, -0.25) is 10.1 Å². The molecule has 0 aliphatic heterocycles. The Hall–Kier alpha value is -2.02. The Bertz CT molecular complexity index is 605. The van der Waals surface area contributed by atoms with Crippen molar-refractivity contribution in [3.05, 3.63) is 24.3 Å². The number of para-hydroxylation sites is 2. The Balaban J connectivity index is 2.19. The molecule has 1 aromatic heterocycles. The number of amides is 3. The highest BCUT2D eigenvalue weighted by Gasteiger charge is 2.25. The van der Waals surface area contributed by atoms with Crippen molar-refractivity contribution in [2.75, 3.05) is 0 Å². The standard InChI is InChI=1S/C13H16N4O2S/c1-7(2)10(11(18)17-12(14)19)20-13-15-8-5-3-4-6-9(8)16-13/h3-7,10H,1-2H3,(H,15,16)(H3,14,17,18,19). The Morgan fingerprint density at radius 2 is 2.05 bits per heavy atom. The van der Waals surface area contributed by atoms with Crippen molar-refractivity contribution in [1.29, 1.82) is 0 Å². The van der Waals surface area contributed by atoms with Gasteiger partial charge >= 0.3 is 6.03 Å². The third-order valence-corrected chi connectivity index (χ3v) is 4.15. The normalized spacial score (nSPS) is 12.6. The minimum Gasteiger partial charge on any atom is -0.351 e. The molecule has 0 aliphatic rings. The number of carbonyl (C=O) groups excluding carboxylic acids is 2. The molecule has 106 valence electrons. The maximum Gasteiger partial charge on any atom is 0.318 e. The summed E-state index contributed by atoms with van der Waals surface area (Å²) in [5.41, 5.74) is 6.73. The number of hydrogen-bond acceptors (Lipinski definition) is 4. The van der Waals surface area contributed by atoms with Gasteiger partial charge in [0.2, 0.25) is 5.91 Å². The smallest absolute Gasteiger partial charge is 0.318 e. The molecule has 1 heterocycles. The third-order valence-electron chi connectivity index (χ3n) is 2.72. The van der Waals surface area contributed by atoms with E-state index in [9.17, 15) is 9.59 Å². The van der Waals surface area contributed by atoms with E-state index < -0.39 is 17.2 Å². The molecule has 0 bridgehead atoms. The number of H-pyrrole nitrogens is 1. The first-order valence-electron chi connectivity index (χ1n) is 6.19.